The number of aromatic nitrogens is 3. The van der Waals surface area contributed by atoms with Crippen molar-refractivity contribution < 1.29 is 4.39 Å². The van der Waals surface area contributed by atoms with Gasteiger partial charge in [0.15, 0.2) is 5.96 Å². The molecule has 1 atom stereocenters. The van der Waals surface area contributed by atoms with Gasteiger partial charge in [-0.05, 0) is 42.2 Å². The normalized spacial score (nSPS) is 13.1. The molecule has 0 bridgehead atoms. The molecule has 26 heavy (non-hydrogen) atoms. The molecule has 1 aromatic carbocycles. The zero-order chi connectivity index (χ0) is 18.4. The van der Waals surface area contributed by atoms with Gasteiger partial charge in [-0.15, -0.1) is 0 Å². The zero-order valence-corrected chi connectivity index (χ0v) is 15.2. The topological polar surface area (TPSA) is 70.0 Å². The fourth-order valence-electron chi connectivity index (χ4n) is 2.96. The highest BCUT2D eigenvalue weighted by Gasteiger charge is 2.07. The van der Waals surface area contributed by atoms with Crippen LogP contribution in [0, 0.1) is 11.7 Å². The molecule has 3 aromatic rings. The van der Waals surface area contributed by atoms with Gasteiger partial charge in [0, 0.05) is 56.2 Å². The maximum Gasteiger partial charge on any atom is 0.190 e. The molecule has 0 aliphatic rings. The third-order valence-corrected chi connectivity index (χ3v) is 4.32. The minimum Gasteiger partial charge on any atom is -0.361 e. The maximum atomic E-state index is 13.4. The van der Waals surface area contributed by atoms with E-state index < -0.39 is 0 Å². The van der Waals surface area contributed by atoms with E-state index in [9.17, 15) is 4.39 Å². The van der Waals surface area contributed by atoms with Gasteiger partial charge in [-0.25, -0.2) is 4.39 Å². The number of aromatic amines is 1. The van der Waals surface area contributed by atoms with Crippen LogP contribution in [-0.2, 0) is 13.0 Å². The van der Waals surface area contributed by atoms with E-state index in [0.717, 1.165) is 48.5 Å². The molecule has 0 saturated carbocycles. The SMILES string of the molecule is CN=C(NCCc1c[nH]c2ccc(F)cc12)NCC(C)Cn1cccn1. The Labute approximate surface area is 152 Å². The molecule has 1 unspecified atom stereocenters. The highest BCUT2D eigenvalue weighted by atomic mass is 19.1. The Morgan fingerprint density at radius 3 is 3.04 bits per heavy atom. The third-order valence-electron chi connectivity index (χ3n) is 4.32. The van der Waals surface area contributed by atoms with Gasteiger partial charge in [-0.1, -0.05) is 6.92 Å². The van der Waals surface area contributed by atoms with Crippen LogP contribution in [0.2, 0.25) is 0 Å². The van der Waals surface area contributed by atoms with Crippen LogP contribution in [0.4, 0.5) is 4.39 Å². The van der Waals surface area contributed by atoms with Crippen LogP contribution in [0.3, 0.4) is 0 Å². The summed E-state index contributed by atoms with van der Waals surface area (Å²) in [5.74, 6) is 0.975. The number of rotatable bonds is 7. The number of hydrogen-bond acceptors (Lipinski definition) is 2. The Bertz CT molecular complexity index is 852. The summed E-state index contributed by atoms with van der Waals surface area (Å²) in [4.78, 5) is 7.44. The largest absolute Gasteiger partial charge is 0.361 e. The van der Waals surface area contributed by atoms with E-state index in [1.165, 1.54) is 6.07 Å². The van der Waals surface area contributed by atoms with Crippen molar-refractivity contribution in [2.24, 2.45) is 10.9 Å². The second-order valence-corrected chi connectivity index (χ2v) is 6.47. The summed E-state index contributed by atoms with van der Waals surface area (Å²) in [5, 5.41) is 11.8. The highest BCUT2D eigenvalue weighted by Crippen LogP contribution is 2.19. The summed E-state index contributed by atoms with van der Waals surface area (Å²) in [6.45, 7) is 4.55. The number of H-pyrrole nitrogens is 1. The maximum absolute atomic E-state index is 13.4. The molecule has 0 amide bonds. The van der Waals surface area contributed by atoms with Crippen LogP contribution in [0.5, 0.6) is 0 Å². The van der Waals surface area contributed by atoms with E-state index in [2.05, 4.69) is 32.6 Å². The van der Waals surface area contributed by atoms with E-state index in [1.807, 2.05) is 23.1 Å². The van der Waals surface area contributed by atoms with Crippen LogP contribution in [-0.4, -0.2) is 40.9 Å². The van der Waals surface area contributed by atoms with Crippen molar-refractivity contribution in [2.75, 3.05) is 20.1 Å². The second kappa shape index (κ2) is 8.51. The lowest BCUT2D eigenvalue weighted by atomic mass is 10.1. The number of halogens is 1. The Morgan fingerprint density at radius 2 is 2.27 bits per heavy atom. The number of nitrogens with one attached hydrogen (secondary N) is 3. The van der Waals surface area contributed by atoms with E-state index in [-0.39, 0.29) is 5.82 Å². The molecule has 0 aliphatic carbocycles. The Kier molecular flexibility index (Phi) is 5.88. The quantitative estimate of drug-likeness (QED) is 0.450. The van der Waals surface area contributed by atoms with Crippen LogP contribution in [0.1, 0.15) is 12.5 Å². The van der Waals surface area contributed by atoms with Crippen molar-refractivity contribution in [1.82, 2.24) is 25.4 Å². The first-order valence-corrected chi connectivity index (χ1v) is 8.83. The van der Waals surface area contributed by atoms with Gasteiger partial charge in [0.1, 0.15) is 5.82 Å². The van der Waals surface area contributed by atoms with Crippen LogP contribution < -0.4 is 10.6 Å². The molecule has 138 valence electrons. The Hall–Kier alpha value is -2.83. The van der Waals surface area contributed by atoms with Gasteiger partial charge in [0.05, 0.1) is 0 Å². The number of benzene rings is 1. The lowest BCUT2D eigenvalue weighted by Gasteiger charge is -2.16. The van der Waals surface area contributed by atoms with Crippen molar-refractivity contribution in [3.05, 3.63) is 54.2 Å². The van der Waals surface area contributed by atoms with Crippen molar-refractivity contribution in [3.8, 4) is 0 Å². The van der Waals surface area contributed by atoms with Crippen molar-refractivity contribution >= 4 is 16.9 Å². The summed E-state index contributed by atoms with van der Waals surface area (Å²) < 4.78 is 15.4. The lowest BCUT2D eigenvalue weighted by molar-refractivity contribution is 0.443. The van der Waals surface area contributed by atoms with E-state index in [4.69, 9.17) is 0 Å². The summed E-state index contributed by atoms with van der Waals surface area (Å²) in [6, 6.07) is 6.74. The van der Waals surface area contributed by atoms with E-state index in [0.29, 0.717) is 5.92 Å². The molecule has 3 rings (SSSR count). The minimum atomic E-state index is -0.213. The predicted octanol–water partition coefficient (Wildman–Crippen LogP) is 2.55. The molecule has 0 radical (unpaired) electrons. The lowest BCUT2D eigenvalue weighted by Crippen LogP contribution is -2.40. The summed E-state index contributed by atoms with van der Waals surface area (Å²) >= 11 is 0. The average molecular weight is 356 g/mol. The molecular formula is C19H25FN6. The molecular weight excluding hydrogens is 331 g/mol. The van der Waals surface area contributed by atoms with Gasteiger partial charge in [0.2, 0.25) is 0 Å². The van der Waals surface area contributed by atoms with E-state index in [1.54, 1.807) is 25.4 Å². The Morgan fingerprint density at radius 1 is 1.38 bits per heavy atom. The second-order valence-electron chi connectivity index (χ2n) is 6.47. The first-order chi connectivity index (χ1) is 12.7. The first kappa shape index (κ1) is 18.0. The molecule has 0 spiro atoms. The Balaban J connectivity index is 1.45. The monoisotopic (exact) mass is 356 g/mol. The number of hydrogen-bond donors (Lipinski definition) is 3. The fraction of sp³-hybridized carbons (Fsp3) is 0.368. The smallest absolute Gasteiger partial charge is 0.190 e. The van der Waals surface area contributed by atoms with Crippen LogP contribution in [0.15, 0.2) is 47.8 Å². The van der Waals surface area contributed by atoms with Gasteiger partial charge >= 0.3 is 0 Å². The number of aliphatic imine (C=N–C) groups is 1. The number of fused-ring (bicyclic) bond motifs is 1. The number of nitrogens with zero attached hydrogens (tertiary/aromatic N) is 3. The highest BCUT2D eigenvalue weighted by molar-refractivity contribution is 5.83. The molecule has 0 saturated heterocycles. The summed E-state index contributed by atoms with van der Waals surface area (Å²) in [5.41, 5.74) is 2.05. The molecule has 3 N–H and O–H groups in total. The van der Waals surface area contributed by atoms with Crippen molar-refractivity contribution in [1.29, 1.82) is 0 Å². The molecule has 2 aromatic heterocycles. The van der Waals surface area contributed by atoms with Gasteiger partial charge < -0.3 is 15.6 Å². The molecule has 0 fully saturated rings. The van der Waals surface area contributed by atoms with Gasteiger partial charge in [-0.3, -0.25) is 9.67 Å². The predicted molar refractivity (Wildman–Crippen MR) is 103 cm³/mol. The standard InChI is InChI=1S/C19H25FN6/c1-14(13-26-9-3-7-25-26)11-24-19(21-2)22-8-6-15-12-23-18-5-4-16(20)10-17(15)18/h3-5,7,9-10,12,14,23H,6,8,11,13H2,1-2H3,(H2,21,22,24). The molecule has 0 aliphatic heterocycles. The first-order valence-electron chi connectivity index (χ1n) is 8.83. The van der Waals surface area contributed by atoms with Gasteiger partial charge in [-0.2, -0.15) is 5.10 Å². The van der Waals surface area contributed by atoms with Crippen LogP contribution in [0.25, 0.3) is 10.9 Å². The summed E-state index contributed by atoms with van der Waals surface area (Å²) in [7, 11) is 1.76. The minimum absolute atomic E-state index is 0.213. The number of guanidine groups is 1. The average Bonchev–Trinajstić information content (AvgIpc) is 3.27. The molecule has 2 heterocycles. The fourth-order valence-corrected chi connectivity index (χ4v) is 2.96. The summed E-state index contributed by atoms with van der Waals surface area (Å²) in [6.07, 6.45) is 6.48. The van der Waals surface area contributed by atoms with Crippen LogP contribution >= 0.6 is 0 Å². The zero-order valence-electron chi connectivity index (χ0n) is 15.2. The molecule has 6 nitrogen and oxygen atoms in total. The van der Waals surface area contributed by atoms with E-state index >= 15 is 0 Å². The van der Waals surface area contributed by atoms with Crippen molar-refractivity contribution in [2.45, 2.75) is 19.9 Å². The van der Waals surface area contributed by atoms with Gasteiger partial charge in [0.25, 0.3) is 0 Å². The third kappa shape index (κ3) is 4.62. The molecule has 7 heteroatoms. The van der Waals surface area contributed by atoms with Crippen molar-refractivity contribution in [3.63, 3.8) is 0 Å².